The number of amides is 1. The molecule has 2 aromatic carbocycles. The number of hydrogen-bond acceptors (Lipinski definition) is 3. The molecule has 1 aliphatic heterocycles. The first kappa shape index (κ1) is 17.7. The molecule has 0 saturated carbocycles. The molecule has 140 valence electrons. The van der Waals surface area contributed by atoms with Gasteiger partial charge in [0, 0.05) is 51.0 Å². The highest BCUT2D eigenvalue weighted by molar-refractivity contribution is 5.91. The summed E-state index contributed by atoms with van der Waals surface area (Å²) in [6.45, 7) is 1.60. The monoisotopic (exact) mass is 361 g/mol. The van der Waals surface area contributed by atoms with E-state index in [1.807, 2.05) is 13.1 Å². The molecule has 0 bridgehead atoms. The summed E-state index contributed by atoms with van der Waals surface area (Å²) in [5.41, 5.74) is 5.96. The molecule has 2 aliphatic rings. The maximum Gasteiger partial charge on any atom is 0.223 e. The molecule has 0 aromatic heterocycles. The summed E-state index contributed by atoms with van der Waals surface area (Å²) >= 11 is 0. The first-order chi connectivity index (χ1) is 13.0. The second-order valence-corrected chi connectivity index (χ2v) is 7.81. The van der Waals surface area contributed by atoms with Crippen molar-refractivity contribution in [2.75, 3.05) is 36.3 Å². The van der Waals surface area contributed by atoms with Crippen LogP contribution >= 0.6 is 0 Å². The molecule has 0 saturated heterocycles. The van der Waals surface area contributed by atoms with E-state index in [4.69, 9.17) is 0 Å². The van der Waals surface area contributed by atoms with Gasteiger partial charge in [-0.1, -0.05) is 24.3 Å². The lowest BCUT2D eigenvalue weighted by molar-refractivity contribution is -0.116. The van der Waals surface area contributed by atoms with Gasteiger partial charge in [0.2, 0.25) is 5.91 Å². The molecule has 0 spiro atoms. The fourth-order valence-electron chi connectivity index (χ4n) is 4.28. The van der Waals surface area contributed by atoms with E-state index in [1.165, 1.54) is 22.5 Å². The first-order valence-corrected chi connectivity index (χ1v) is 9.54. The van der Waals surface area contributed by atoms with Crippen LogP contribution in [0.3, 0.4) is 0 Å². The second kappa shape index (κ2) is 6.76. The SMILES string of the molecule is CC(=O)N(C)c1ccc2c(c1)C1C=CCC1C(c1ccc(N(C)C)cc1)N2. The molecule has 4 heteroatoms. The Labute approximate surface area is 161 Å². The lowest BCUT2D eigenvalue weighted by Gasteiger charge is -2.38. The van der Waals surface area contributed by atoms with Gasteiger partial charge >= 0.3 is 0 Å². The maximum atomic E-state index is 11.7. The maximum absolute atomic E-state index is 11.7. The van der Waals surface area contributed by atoms with Gasteiger partial charge in [-0.3, -0.25) is 4.79 Å². The van der Waals surface area contributed by atoms with Crippen LogP contribution in [-0.4, -0.2) is 27.1 Å². The Morgan fingerprint density at radius 2 is 1.74 bits per heavy atom. The third-order valence-electron chi connectivity index (χ3n) is 5.97. The highest BCUT2D eigenvalue weighted by atomic mass is 16.2. The highest BCUT2D eigenvalue weighted by Gasteiger charge is 2.38. The van der Waals surface area contributed by atoms with Gasteiger partial charge in [-0.25, -0.2) is 0 Å². The summed E-state index contributed by atoms with van der Waals surface area (Å²) in [4.78, 5) is 15.6. The molecule has 1 N–H and O–H groups in total. The molecule has 3 atom stereocenters. The summed E-state index contributed by atoms with van der Waals surface area (Å²) < 4.78 is 0. The van der Waals surface area contributed by atoms with E-state index in [9.17, 15) is 4.79 Å². The summed E-state index contributed by atoms with van der Waals surface area (Å²) in [5, 5.41) is 3.77. The van der Waals surface area contributed by atoms with Crippen molar-refractivity contribution in [2.45, 2.75) is 25.3 Å². The number of benzene rings is 2. The Hall–Kier alpha value is -2.75. The Morgan fingerprint density at radius 1 is 1.04 bits per heavy atom. The zero-order valence-corrected chi connectivity index (χ0v) is 16.4. The van der Waals surface area contributed by atoms with Crippen LogP contribution in [0.2, 0.25) is 0 Å². The van der Waals surface area contributed by atoms with Crippen LogP contribution in [0.5, 0.6) is 0 Å². The van der Waals surface area contributed by atoms with E-state index in [0.717, 1.165) is 12.1 Å². The van der Waals surface area contributed by atoms with Crippen molar-refractivity contribution < 1.29 is 4.79 Å². The topological polar surface area (TPSA) is 35.6 Å². The van der Waals surface area contributed by atoms with Gasteiger partial charge in [0.05, 0.1) is 6.04 Å². The first-order valence-electron chi connectivity index (χ1n) is 9.54. The minimum atomic E-state index is 0.0519. The Balaban J connectivity index is 1.69. The number of allylic oxidation sites excluding steroid dienone is 2. The van der Waals surface area contributed by atoms with Crippen molar-refractivity contribution in [2.24, 2.45) is 5.92 Å². The molecule has 27 heavy (non-hydrogen) atoms. The summed E-state index contributed by atoms with van der Waals surface area (Å²) in [6, 6.07) is 15.5. The van der Waals surface area contributed by atoms with Crippen molar-refractivity contribution in [1.29, 1.82) is 0 Å². The molecule has 4 nitrogen and oxygen atoms in total. The number of carbonyl (C=O) groups excluding carboxylic acids is 1. The average Bonchev–Trinajstić information content (AvgIpc) is 3.16. The Morgan fingerprint density at radius 3 is 2.41 bits per heavy atom. The lowest BCUT2D eigenvalue weighted by atomic mass is 9.77. The Kier molecular flexibility index (Phi) is 4.42. The van der Waals surface area contributed by atoms with Crippen molar-refractivity contribution in [1.82, 2.24) is 0 Å². The minimum absolute atomic E-state index is 0.0519. The molecule has 1 aliphatic carbocycles. The van der Waals surface area contributed by atoms with Crippen molar-refractivity contribution in [3.8, 4) is 0 Å². The summed E-state index contributed by atoms with van der Waals surface area (Å²) in [5.74, 6) is 0.941. The molecule has 2 aromatic rings. The number of hydrogen-bond donors (Lipinski definition) is 1. The molecule has 3 unspecified atom stereocenters. The van der Waals surface area contributed by atoms with Gasteiger partial charge in [-0.2, -0.15) is 0 Å². The van der Waals surface area contributed by atoms with Crippen molar-refractivity contribution in [3.05, 3.63) is 65.7 Å². The van der Waals surface area contributed by atoms with Crippen LogP contribution in [-0.2, 0) is 4.79 Å². The molecular formula is C23H27N3O. The molecule has 0 fully saturated rings. The Bertz CT molecular complexity index is 885. The molecule has 1 amide bonds. The van der Waals surface area contributed by atoms with Gasteiger partial charge in [-0.05, 0) is 53.8 Å². The number of fused-ring (bicyclic) bond motifs is 3. The van der Waals surface area contributed by atoms with E-state index in [0.29, 0.717) is 17.9 Å². The van der Waals surface area contributed by atoms with Crippen LogP contribution in [0, 0.1) is 5.92 Å². The number of nitrogens with one attached hydrogen (secondary N) is 1. The largest absolute Gasteiger partial charge is 0.378 e. The van der Waals surface area contributed by atoms with Crippen LogP contribution in [0.1, 0.15) is 36.4 Å². The van der Waals surface area contributed by atoms with Gasteiger partial charge in [0.15, 0.2) is 0 Å². The van der Waals surface area contributed by atoms with E-state index < -0.39 is 0 Å². The third kappa shape index (κ3) is 3.09. The molecule has 0 radical (unpaired) electrons. The molecular weight excluding hydrogens is 334 g/mol. The van der Waals surface area contributed by atoms with E-state index in [1.54, 1.807) is 11.8 Å². The van der Waals surface area contributed by atoms with Crippen LogP contribution < -0.4 is 15.1 Å². The molecule has 1 heterocycles. The van der Waals surface area contributed by atoms with Crippen LogP contribution in [0.25, 0.3) is 0 Å². The molecule has 4 rings (SSSR count). The quantitative estimate of drug-likeness (QED) is 0.814. The van der Waals surface area contributed by atoms with Gasteiger partial charge in [-0.15, -0.1) is 0 Å². The van der Waals surface area contributed by atoms with E-state index >= 15 is 0 Å². The minimum Gasteiger partial charge on any atom is -0.378 e. The van der Waals surface area contributed by atoms with E-state index in [2.05, 4.69) is 72.9 Å². The summed E-state index contributed by atoms with van der Waals surface area (Å²) in [7, 11) is 5.96. The predicted molar refractivity (Wildman–Crippen MR) is 113 cm³/mol. The van der Waals surface area contributed by atoms with E-state index in [-0.39, 0.29) is 5.91 Å². The van der Waals surface area contributed by atoms with Crippen LogP contribution in [0.4, 0.5) is 17.1 Å². The number of carbonyl (C=O) groups is 1. The standard InChI is InChI=1S/C23H27N3O/c1-15(27)26(4)18-12-13-22-21(14-18)19-6-5-7-20(19)23(24-22)16-8-10-17(11-9-16)25(2)3/h5-6,8-14,19-20,23-24H,7H2,1-4H3. The fourth-order valence-corrected chi connectivity index (χ4v) is 4.28. The average molecular weight is 361 g/mol. The zero-order valence-electron chi connectivity index (χ0n) is 16.4. The van der Waals surface area contributed by atoms with Gasteiger partial charge in [0.1, 0.15) is 0 Å². The predicted octanol–water partition coefficient (Wildman–Crippen LogP) is 4.56. The number of rotatable bonds is 3. The normalized spacial score (nSPS) is 22.6. The third-order valence-corrected chi connectivity index (χ3v) is 5.97. The fraction of sp³-hybridized carbons (Fsp3) is 0.348. The van der Waals surface area contributed by atoms with Crippen molar-refractivity contribution >= 4 is 23.0 Å². The van der Waals surface area contributed by atoms with Gasteiger partial charge < -0.3 is 15.1 Å². The van der Waals surface area contributed by atoms with Crippen LogP contribution in [0.15, 0.2) is 54.6 Å². The number of anilines is 3. The second-order valence-electron chi connectivity index (χ2n) is 7.81. The highest BCUT2D eigenvalue weighted by Crippen LogP contribution is 2.50. The summed E-state index contributed by atoms with van der Waals surface area (Å²) in [6.07, 6.45) is 5.71. The smallest absolute Gasteiger partial charge is 0.223 e. The number of nitrogens with zero attached hydrogens (tertiary/aromatic N) is 2. The van der Waals surface area contributed by atoms with Gasteiger partial charge in [0.25, 0.3) is 0 Å². The zero-order chi connectivity index (χ0) is 19.1. The lowest BCUT2D eigenvalue weighted by Crippen LogP contribution is -2.30. The van der Waals surface area contributed by atoms with Crippen molar-refractivity contribution in [3.63, 3.8) is 0 Å².